The maximum Gasteiger partial charge on any atom is 0.471 e. The molecule has 0 aliphatic carbocycles. The second kappa shape index (κ2) is 5.55. The molecule has 0 aromatic heterocycles. The van der Waals surface area contributed by atoms with E-state index in [4.69, 9.17) is 0 Å². The molecular weight excluding hydrogens is 286 g/mol. The standard InChI is InChI=1S/C15H11F4NO/c1-9-2-7-12(20-14(21)15(17,18)19)8-13(9)10-3-5-11(16)6-4-10/h2-8H,1H3,(H,20,21). The molecule has 0 spiro atoms. The molecule has 6 heteroatoms. The van der Waals surface area contributed by atoms with Gasteiger partial charge in [0.15, 0.2) is 0 Å². The van der Waals surface area contributed by atoms with Gasteiger partial charge in [0, 0.05) is 5.69 Å². The molecule has 21 heavy (non-hydrogen) atoms. The molecule has 2 nitrogen and oxygen atoms in total. The van der Waals surface area contributed by atoms with Gasteiger partial charge >= 0.3 is 12.1 Å². The number of benzene rings is 2. The SMILES string of the molecule is Cc1ccc(NC(=O)C(F)(F)F)cc1-c1ccc(F)cc1. The largest absolute Gasteiger partial charge is 0.471 e. The van der Waals surface area contributed by atoms with Gasteiger partial charge in [0.25, 0.3) is 0 Å². The van der Waals surface area contributed by atoms with Gasteiger partial charge in [0.1, 0.15) is 5.82 Å². The molecule has 0 aliphatic rings. The zero-order chi connectivity index (χ0) is 15.6. The van der Waals surface area contributed by atoms with Gasteiger partial charge in [-0.3, -0.25) is 4.79 Å². The first kappa shape index (κ1) is 15.0. The number of rotatable bonds is 2. The van der Waals surface area contributed by atoms with Crippen molar-refractivity contribution in [1.29, 1.82) is 0 Å². The lowest BCUT2D eigenvalue weighted by Gasteiger charge is -2.11. The van der Waals surface area contributed by atoms with Gasteiger partial charge in [0.05, 0.1) is 0 Å². The Balaban J connectivity index is 2.34. The predicted octanol–water partition coefficient (Wildman–Crippen LogP) is 4.30. The van der Waals surface area contributed by atoms with Crippen LogP contribution in [-0.2, 0) is 4.79 Å². The molecule has 0 atom stereocenters. The van der Waals surface area contributed by atoms with Gasteiger partial charge < -0.3 is 5.32 Å². The number of carbonyl (C=O) groups excluding carboxylic acids is 1. The van der Waals surface area contributed by atoms with E-state index in [1.807, 2.05) is 0 Å². The second-order valence-electron chi connectivity index (χ2n) is 4.49. The Kier molecular flexibility index (Phi) is 3.97. The number of aryl methyl sites for hydroxylation is 1. The molecule has 0 heterocycles. The van der Waals surface area contributed by atoms with E-state index in [0.717, 1.165) is 5.56 Å². The van der Waals surface area contributed by atoms with Crippen molar-refractivity contribution in [3.63, 3.8) is 0 Å². The Morgan fingerprint density at radius 3 is 2.24 bits per heavy atom. The summed E-state index contributed by atoms with van der Waals surface area (Å²) in [5.74, 6) is -2.44. The van der Waals surface area contributed by atoms with Crippen LogP contribution in [0.5, 0.6) is 0 Å². The Morgan fingerprint density at radius 1 is 1.05 bits per heavy atom. The van der Waals surface area contributed by atoms with Crippen LogP contribution < -0.4 is 5.32 Å². The van der Waals surface area contributed by atoms with Crippen molar-refractivity contribution in [3.05, 3.63) is 53.8 Å². The third-order valence-electron chi connectivity index (χ3n) is 2.91. The number of hydrogen-bond donors (Lipinski definition) is 1. The maximum atomic E-state index is 12.9. The molecule has 2 aromatic rings. The smallest absolute Gasteiger partial charge is 0.318 e. The number of halogens is 4. The fourth-order valence-corrected chi connectivity index (χ4v) is 1.84. The van der Waals surface area contributed by atoms with Crippen molar-refractivity contribution in [2.24, 2.45) is 0 Å². The maximum absolute atomic E-state index is 12.9. The molecule has 0 bridgehead atoms. The third kappa shape index (κ3) is 3.59. The average Bonchev–Trinajstić information content (AvgIpc) is 2.41. The van der Waals surface area contributed by atoms with Crippen LogP contribution in [0.1, 0.15) is 5.56 Å². The summed E-state index contributed by atoms with van der Waals surface area (Å²) in [7, 11) is 0. The molecule has 0 aliphatic heterocycles. The number of anilines is 1. The minimum absolute atomic E-state index is 0.0299. The van der Waals surface area contributed by atoms with Gasteiger partial charge in [-0.05, 0) is 47.9 Å². The van der Waals surface area contributed by atoms with Crippen LogP contribution in [0.4, 0.5) is 23.2 Å². The first-order chi connectivity index (χ1) is 9.77. The molecule has 2 rings (SSSR count). The van der Waals surface area contributed by atoms with Crippen LogP contribution in [0.3, 0.4) is 0 Å². The molecule has 0 saturated carbocycles. The van der Waals surface area contributed by atoms with Gasteiger partial charge in [-0.2, -0.15) is 13.2 Å². The fraction of sp³-hybridized carbons (Fsp3) is 0.133. The van der Waals surface area contributed by atoms with Crippen molar-refractivity contribution in [2.75, 3.05) is 5.32 Å². The number of alkyl halides is 3. The second-order valence-corrected chi connectivity index (χ2v) is 4.49. The lowest BCUT2D eigenvalue weighted by molar-refractivity contribution is -0.167. The molecular formula is C15H11F4NO. The number of nitrogens with one attached hydrogen (secondary N) is 1. The molecule has 0 saturated heterocycles. The zero-order valence-corrected chi connectivity index (χ0v) is 11.0. The lowest BCUT2D eigenvalue weighted by Crippen LogP contribution is -2.29. The first-order valence-electron chi connectivity index (χ1n) is 6.02. The normalized spacial score (nSPS) is 11.3. The Bertz CT molecular complexity index is 662. The fourth-order valence-electron chi connectivity index (χ4n) is 1.84. The Labute approximate surface area is 118 Å². The van der Waals surface area contributed by atoms with Crippen molar-refractivity contribution < 1.29 is 22.4 Å². The highest BCUT2D eigenvalue weighted by molar-refractivity contribution is 5.95. The molecule has 0 radical (unpaired) electrons. The summed E-state index contributed by atoms with van der Waals surface area (Å²) >= 11 is 0. The van der Waals surface area contributed by atoms with Crippen LogP contribution in [0.2, 0.25) is 0 Å². The van der Waals surface area contributed by atoms with E-state index in [1.54, 1.807) is 18.3 Å². The van der Waals surface area contributed by atoms with E-state index < -0.39 is 17.9 Å². The first-order valence-corrected chi connectivity index (χ1v) is 6.02. The molecule has 1 N–H and O–H groups in total. The number of amides is 1. The quantitative estimate of drug-likeness (QED) is 0.823. The highest BCUT2D eigenvalue weighted by Gasteiger charge is 2.38. The summed E-state index contributed by atoms with van der Waals surface area (Å²) < 4.78 is 49.6. The summed E-state index contributed by atoms with van der Waals surface area (Å²) in [5, 5.41) is 1.79. The molecule has 1 amide bonds. The topological polar surface area (TPSA) is 29.1 Å². The van der Waals surface area contributed by atoms with Crippen molar-refractivity contribution in [3.8, 4) is 11.1 Å². The highest BCUT2D eigenvalue weighted by Crippen LogP contribution is 2.27. The van der Waals surface area contributed by atoms with Gasteiger partial charge in [-0.15, -0.1) is 0 Å². The summed E-state index contributed by atoms with van der Waals surface area (Å²) in [5.41, 5.74) is 2.10. The van der Waals surface area contributed by atoms with E-state index in [1.165, 1.54) is 36.4 Å². The number of carbonyl (C=O) groups is 1. The van der Waals surface area contributed by atoms with E-state index >= 15 is 0 Å². The third-order valence-corrected chi connectivity index (χ3v) is 2.91. The average molecular weight is 297 g/mol. The lowest BCUT2D eigenvalue weighted by atomic mass is 10.00. The van der Waals surface area contributed by atoms with Crippen LogP contribution >= 0.6 is 0 Å². The summed E-state index contributed by atoms with van der Waals surface area (Å²) in [6, 6.07) is 9.95. The van der Waals surface area contributed by atoms with Gasteiger partial charge in [-0.25, -0.2) is 4.39 Å². The van der Waals surface area contributed by atoms with E-state index in [9.17, 15) is 22.4 Å². The van der Waals surface area contributed by atoms with Crippen LogP contribution in [0.15, 0.2) is 42.5 Å². The van der Waals surface area contributed by atoms with E-state index in [-0.39, 0.29) is 5.69 Å². The highest BCUT2D eigenvalue weighted by atomic mass is 19.4. The van der Waals surface area contributed by atoms with Crippen molar-refractivity contribution >= 4 is 11.6 Å². The molecule has 2 aromatic carbocycles. The number of hydrogen-bond acceptors (Lipinski definition) is 1. The van der Waals surface area contributed by atoms with Crippen molar-refractivity contribution in [2.45, 2.75) is 13.1 Å². The van der Waals surface area contributed by atoms with Crippen LogP contribution in [-0.4, -0.2) is 12.1 Å². The molecule has 0 fully saturated rings. The Hall–Kier alpha value is -2.37. The van der Waals surface area contributed by atoms with E-state index in [0.29, 0.717) is 11.1 Å². The van der Waals surface area contributed by atoms with E-state index in [2.05, 4.69) is 0 Å². The summed E-state index contributed by atoms with van der Waals surface area (Å²) in [6.45, 7) is 1.77. The van der Waals surface area contributed by atoms with Crippen molar-refractivity contribution in [1.82, 2.24) is 0 Å². The minimum atomic E-state index is -4.94. The summed E-state index contributed by atoms with van der Waals surface area (Å²) in [4.78, 5) is 10.9. The Morgan fingerprint density at radius 2 is 1.67 bits per heavy atom. The monoisotopic (exact) mass is 297 g/mol. The predicted molar refractivity (Wildman–Crippen MR) is 71.3 cm³/mol. The molecule has 110 valence electrons. The summed E-state index contributed by atoms with van der Waals surface area (Å²) in [6.07, 6.45) is -4.94. The minimum Gasteiger partial charge on any atom is -0.318 e. The van der Waals surface area contributed by atoms with Crippen LogP contribution in [0, 0.1) is 12.7 Å². The zero-order valence-electron chi connectivity index (χ0n) is 11.0. The van der Waals surface area contributed by atoms with Gasteiger partial charge in [0.2, 0.25) is 0 Å². The van der Waals surface area contributed by atoms with Crippen LogP contribution in [0.25, 0.3) is 11.1 Å². The van der Waals surface area contributed by atoms with Gasteiger partial charge in [-0.1, -0.05) is 18.2 Å². The molecule has 0 unspecified atom stereocenters.